The van der Waals surface area contributed by atoms with Crippen LogP contribution in [0.5, 0.6) is 0 Å². The van der Waals surface area contributed by atoms with Gasteiger partial charge in [-0.3, -0.25) is 4.79 Å². The molecule has 0 aliphatic rings. The van der Waals surface area contributed by atoms with E-state index in [1.165, 1.54) is 0 Å². The minimum atomic E-state index is -0.00511. The highest BCUT2D eigenvalue weighted by Crippen LogP contribution is 2.25. The molecule has 0 aliphatic carbocycles. The molecular formula is C16H20ClN3O. The summed E-state index contributed by atoms with van der Waals surface area (Å²) in [5.74, 6) is 0.171. The highest BCUT2D eigenvalue weighted by atomic mass is 35.5. The molecule has 0 atom stereocenters. The van der Waals surface area contributed by atoms with Crippen LogP contribution >= 0.6 is 11.6 Å². The smallest absolute Gasteiger partial charge is 0.257 e. The first-order valence-electron chi connectivity index (χ1n) is 7.05. The number of carbonyl (C=O) groups excluding carboxylic acids is 1. The summed E-state index contributed by atoms with van der Waals surface area (Å²) in [6, 6.07) is 7.48. The van der Waals surface area contributed by atoms with Crippen LogP contribution in [0, 0.1) is 0 Å². The molecule has 0 saturated carbocycles. The van der Waals surface area contributed by atoms with Gasteiger partial charge in [-0.1, -0.05) is 31.5 Å². The Hall–Kier alpha value is -1.81. The van der Waals surface area contributed by atoms with Gasteiger partial charge in [0.15, 0.2) is 0 Å². The van der Waals surface area contributed by atoms with Crippen molar-refractivity contribution in [3.8, 4) is 5.69 Å². The molecule has 21 heavy (non-hydrogen) atoms. The van der Waals surface area contributed by atoms with Crippen molar-refractivity contribution >= 4 is 17.5 Å². The summed E-state index contributed by atoms with van der Waals surface area (Å²) in [6.07, 6.45) is 1.64. The molecule has 0 aliphatic heterocycles. The van der Waals surface area contributed by atoms with Crippen LogP contribution in [0.25, 0.3) is 5.69 Å². The summed E-state index contributed by atoms with van der Waals surface area (Å²) in [4.78, 5) is 14.1. The Morgan fingerprint density at radius 3 is 2.71 bits per heavy atom. The minimum Gasteiger partial charge on any atom is -0.342 e. The van der Waals surface area contributed by atoms with Gasteiger partial charge in [-0.2, -0.15) is 5.10 Å². The normalized spacial score (nSPS) is 11.0. The molecule has 4 nitrogen and oxygen atoms in total. The fourth-order valence-electron chi connectivity index (χ4n) is 2.24. The highest BCUT2D eigenvalue weighted by Gasteiger charge is 2.22. The molecule has 112 valence electrons. The molecule has 1 heterocycles. The number of amides is 1. The summed E-state index contributed by atoms with van der Waals surface area (Å²) < 4.78 is 1.80. The summed E-state index contributed by atoms with van der Waals surface area (Å²) in [5.41, 5.74) is 2.42. The van der Waals surface area contributed by atoms with E-state index in [-0.39, 0.29) is 11.8 Å². The Balaban J connectivity index is 2.54. The molecule has 0 radical (unpaired) electrons. The topological polar surface area (TPSA) is 38.1 Å². The fourth-order valence-corrected chi connectivity index (χ4v) is 2.43. The fraction of sp³-hybridized carbons (Fsp3) is 0.375. The van der Waals surface area contributed by atoms with E-state index in [0.717, 1.165) is 11.4 Å². The summed E-state index contributed by atoms with van der Waals surface area (Å²) >= 11 is 6.05. The first-order chi connectivity index (χ1) is 9.95. The van der Waals surface area contributed by atoms with E-state index in [1.807, 2.05) is 31.2 Å². The van der Waals surface area contributed by atoms with Gasteiger partial charge < -0.3 is 4.90 Å². The predicted octanol–water partition coefficient (Wildman–Crippen LogP) is 3.74. The molecule has 0 N–H and O–H groups in total. The van der Waals surface area contributed by atoms with Gasteiger partial charge in [0.1, 0.15) is 0 Å². The Morgan fingerprint density at radius 2 is 2.14 bits per heavy atom. The zero-order chi connectivity index (χ0) is 15.6. The van der Waals surface area contributed by atoms with Gasteiger partial charge in [0.05, 0.1) is 23.1 Å². The van der Waals surface area contributed by atoms with Crippen LogP contribution in [0.2, 0.25) is 5.02 Å². The first-order valence-corrected chi connectivity index (χ1v) is 7.42. The van der Waals surface area contributed by atoms with Gasteiger partial charge in [0.25, 0.3) is 5.91 Å². The van der Waals surface area contributed by atoms with Gasteiger partial charge >= 0.3 is 0 Å². The second-order valence-electron chi connectivity index (χ2n) is 5.31. The molecule has 1 aromatic heterocycles. The molecule has 0 bridgehead atoms. The van der Waals surface area contributed by atoms with Crippen molar-refractivity contribution in [3.05, 3.63) is 46.7 Å². The van der Waals surface area contributed by atoms with Crippen LogP contribution in [0.4, 0.5) is 0 Å². The number of benzene rings is 1. The maximum absolute atomic E-state index is 12.5. The maximum atomic E-state index is 12.5. The Labute approximate surface area is 130 Å². The van der Waals surface area contributed by atoms with Crippen molar-refractivity contribution in [2.24, 2.45) is 0 Å². The average molecular weight is 306 g/mol. The lowest BCUT2D eigenvalue weighted by atomic mass is 10.0. The number of hydrogen-bond acceptors (Lipinski definition) is 2. The third-order valence-electron chi connectivity index (χ3n) is 3.46. The molecular weight excluding hydrogens is 286 g/mol. The van der Waals surface area contributed by atoms with Crippen LogP contribution in [-0.4, -0.2) is 34.2 Å². The van der Waals surface area contributed by atoms with E-state index < -0.39 is 0 Å². The third kappa shape index (κ3) is 3.10. The number of halogens is 1. The zero-order valence-electron chi connectivity index (χ0n) is 12.8. The lowest BCUT2D eigenvalue weighted by Gasteiger charge is -2.17. The summed E-state index contributed by atoms with van der Waals surface area (Å²) in [6.45, 7) is 6.73. The van der Waals surface area contributed by atoms with Gasteiger partial charge in [0, 0.05) is 18.6 Å². The van der Waals surface area contributed by atoms with E-state index >= 15 is 0 Å². The van der Waals surface area contributed by atoms with Crippen molar-refractivity contribution in [2.45, 2.75) is 26.7 Å². The molecule has 2 rings (SSSR count). The molecule has 1 aromatic carbocycles. The molecule has 0 spiro atoms. The van der Waals surface area contributed by atoms with Crippen molar-refractivity contribution in [1.82, 2.24) is 14.7 Å². The second kappa shape index (κ2) is 6.31. The SMILES string of the molecule is CCN(C)C(=O)c1cnn(-c2cccc(Cl)c2)c1C(C)C. The van der Waals surface area contributed by atoms with Crippen LogP contribution < -0.4 is 0 Å². The lowest BCUT2D eigenvalue weighted by Crippen LogP contribution is -2.27. The number of nitrogens with zero attached hydrogens (tertiary/aromatic N) is 3. The monoisotopic (exact) mass is 305 g/mol. The lowest BCUT2D eigenvalue weighted by molar-refractivity contribution is 0.0801. The number of carbonyl (C=O) groups is 1. The van der Waals surface area contributed by atoms with Crippen LogP contribution in [0.3, 0.4) is 0 Å². The quantitative estimate of drug-likeness (QED) is 0.863. The molecule has 2 aromatic rings. The van der Waals surface area contributed by atoms with E-state index in [4.69, 9.17) is 11.6 Å². The minimum absolute atomic E-state index is 0.00511. The number of aromatic nitrogens is 2. The molecule has 0 saturated heterocycles. The third-order valence-corrected chi connectivity index (χ3v) is 3.69. The number of hydrogen-bond donors (Lipinski definition) is 0. The van der Waals surface area contributed by atoms with E-state index in [1.54, 1.807) is 22.8 Å². The Bertz CT molecular complexity index is 649. The Morgan fingerprint density at radius 1 is 1.43 bits per heavy atom. The van der Waals surface area contributed by atoms with Crippen molar-refractivity contribution in [3.63, 3.8) is 0 Å². The van der Waals surface area contributed by atoms with E-state index in [0.29, 0.717) is 17.1 Å². The average Bonchev–Trinajstić information content (AvgIpc) is 2.90. The van der Waals surface area contributed by atoms with Crippen LogP contribution in [0.1, 0.15) is 42.7 Å². The maximum Gasteiger partial charge on any atom is 0.257 e. The molecule has 0 unspecified atom stereocenters. The van der Waals surface area contributed by atoms with Crippen LogP contribution in [0.15, 0.2) is 30.5 Å². The molecule has 5 heteroatoms. The first kappa shape index (κ1) is 15.6. The standard InChI is InChI=1S/C16H20ClN3O/c1-5-19(4)16(21)14-10-18-20(15(14)11(2)3)13-8-6-7-12(17)9-13/h6-11H,5H2,1-4H3. The summed E-state index contributed by atoms with van der Waals surface area (Å²) in [7, 11) is 1.79. The zero-order valence-corrected chi connectivity index (χ0v) is 13.6. The number of rotatable bonds is 4. The molecule has 0 fully saturated rings. The van der Waals surface area contributed by atoms with Crippen LogP contribution in [-0.2, 0) is 0 Å². The van der Waals surface area contributed by atoms with Gasteiger partial charge in [0.2, 0.25) is 0 Å². The second-order valence-corrected chi connectivity index (χ2v) is 5.75. The highest BCUT2D eigenvalue weighted by molar-refractivity contribution is 6.30. The predicted molar refractivity (Wildman–Crippen MR) is 85.3 cm³/mol. The van der Waals surface area contributed by atoms with Crippen molar-refractivity contribution in [1.29, 1.82) is 0 Å². The van der Waals surface area contributed by atoms with Crippen molar-refractivity contribution < 1.29 is 4.79 Å². The molecule has 1 amide bonds. The summed E-state index contributed by atoms with van der Waals surface area (Å²) in [5, 5.41) is 5.05. The van der Waals surface area contributed by atoms with Gasteiger partial charge in [-0.05, 0) is 31.0 Å². The van der Waals surface area contributed by atoms with Crippen molar-refractivity contribution in [2.75, 3.05) is 13.6 Å². The Kier molecular flexibility index (Phi) is 4.68. The van der Waals surface area contributed by atoms with Gasteiger partial charge in [-0.25, -0.2) is 4.68 Å². The van der Waals surface area contributed by atoms with E-state index in [2.05, 4.69) is 18.9 Å². The van der Waals surface area contributed by atoms with E-state index in [9.17, 15) is 4.79 Å². The largest absolute Gasteiger partial charge is 0.342 e. The van der Waals surface area contributed by atoms with Gasteiger partial charge in [-0.15, -0.1) is 0 Å².